The van der Waals surface area contributed by atoms with E-state index in [0.29, 0.717) is 50.6 Å². The number of para-hydroxylation sites is 3. The van der Waals surface area contributed by atoms with Crippen molar-refractivity contribution >= 4 is 51.6 Å². The maximum absolute atomic E-state index is 13.9. The Morgan fingerprint density at radius 2 is 1.70 bits per heavy atom. The van der Waals surface area contributed by atoms with E-state index < -0.39 is 0 Å². The number of carbonyl (C=O) groups excluding carboxylic acids is 1. The molecule has 4 rings (SSSR count). The van der Waals surface area contributed by atoms with Crippen LogP contribution < -0.4 is 10.3 Å². The number of benzene rings is 2. The third-order valence-electron chi connectivity index (χ3n) is 5.66. The molecule has 0 spiro atoms. The summed E-state index contributed by atoms with van der Waals surface area (Å²) in [5.41, 5.74) is 1.67. The molecule has 4 aromatic rings. The van der Waals surface area contributed by atoms with Gasteiger partial charge in [0.25, 0.3) is 5.56 Å². The predicted molar refractivity (Wildman–Crippen MR) is 154 cm³/mol. The van der Waals surface area contributed by atoms with Gasteiger partial charge in [0.15, 0.2) is 14.8 Å². The van der Waals surface area contributed by atoms with Crippen molar-refractivity contribution in [3.05, 3.63) is 68.9 Å². The molecule has 0 saturated carbocycles. The first kappa shape index (κ1) is 27.1. The van der Waals surface area contributed by atoms with Gasteiger partial charge in [-0.25, -0.2) is 4.98 Å². The molecule has 10 heteroatoms. The molecule has 194 valence electrons. The Hall–Kier alpha value is -2.95. The van der Waals surface area contributed by atoms with Crippen LogP contribution in [0.4, 0.5) is 0 Å². The van der Waals surface area contributed by atoms with Crippen molar-refractivity contribution in [2.75, 3.05) is 25.4 Å². The van der Waals surface area contributed by atoms with E-state index >= 15 is 0 Å². The lowest BCUT2D eigenvalue weighted by molar-refractivity contribution is -0.128. The monoisotopic (exact) mass is 554 g/mol. The second-order valence-corrected chi connectivity index (χ2v) is 10.9. The second kappa shape index (κ2) is 12.5. The zero-order chi connectivity index (χ0) is 26.4. The van der Waals surface area contributed by atoms with Crippen LogP contribution in [0.25, 0.3) is 21.7 Å². The van der Waals surface area contributed by atoms with Crippen molar-refractivity contribution in [3.63, 3.8) is 0 Å². The lowest BCUT2D eigenvalue weighted by atomic mass is 10.3. The van der Waals surface area contributed by atoms with Crippen LogP contribution in [0.5, 0.6) is 5.75 Å². The van der Waals surface area contributed by atoms with Gasteiger partial charge in [0.05, 0.1) is 23.7 Å². The second-order valence-electron chi connectivity index (χ2n) is 8.30. The van der Waals surface area contributed by atoms with Crippen LogP contribution in [0.3, 0.4) is 0 Å². The highest BCUT2D eigenvalue weighted by molar-refractivity contribution is 7.99. The summed E-state index contributed by atoms with van der Waals surface area (Å²) >= 11 is 8.21. The normalized spacial score (nSPS) is 11.1. The smallest absolute Gasteiger partial charge is 0.278 e. The van der Waals surface area contributed by atoms with E-state index in [1.165, 1.54) is 23.1 Å². The summed E-state index contributed by atoms with van der Waals surface area (Å²) in [4.78, 5) is 33.7. The van der Waals surface area contributed by atoms with Gasteiger partial charge in [0.2, 0.25) is 5.91 Å². The molecule has 7 nitrogen and oxygen atoms in total. The Morgan fingerprint density at radius 3 is 2.38 bits per heavy atom. The number of thiazole rings is 1. The van der Waals surface area contributed by atoms with Gasteiger partial charge in [-0.2, -0.15) is 0 Å². The van der Waals surface area contributed by atoms with Crippen molar-refractivity contribution in [1.82, 2.24) is 19.0 Å². The third kappa shape index (κ3) is 5.81. The standard InChI is InChI=1S/C27H30N4O3S3/c1-4-16-29(17-5-2)22(32)18-36-26-28-24-23(25(33)30(26)19-12-8-7-9-13-19)37-27(35)31(24)20-14-10-11-15-21(20)34-6-3/h7-15H,4-6,16-18H2,1-3H3. The van der Waals surface area contributed by atoms with E-state index in [2.05, 4.69) is 13.8 Å². The molecule has 0 N–H and O–H groups in total. The van der Waals surface area contributed by atoms with Crippen LogP contribution in [0.15, 0.2) is 64.5 Å². The van der Waals surface area contributed by atoms with Crippen molar-refractivity contribution in [2.24, 2.45) is 0 Å². The maximum atomic E-state index is 13.9. The Labute approximate surface area is 229 Å². The number of aromatic nitrogens is 3. The number of ether oxygens (including phenoxy) is 1. The summed E-state index contributed by atoms with van der Waals surface area (Å²) in [5, 5.41) is 0.445. The Bertz CT molecular complexity index is 1490. The first-order valence-corrected chi connectivity index (χ1v) is 14.6. The first-order chi connectivity index (χ1) is 18.0. The number of hydrogen-bond acceptors (Lipinski definition) is 7. The van der Waals surface area contributed by atoms with Gasteiger partial charge in [-0.3, -0.25) is 18.7 Å². The molecule has 0 aliphatic heterocycles. The van der Waals surface area contributed by atoms with E-state index in [-0.39, 0.29) is 17.2 Å². The topological polar surface area (TPSA) is 69.4 Å². The van der Waals surface area contributed by atoms with Crippen molar-refractivity contribution in [1.29, 1.82) is 0 Å². The number of hydrogen-bond donors (Lipinski definition) is 0. The summed E-state index contributed by atoms with van der Waals surface area (Å²) in [6, 6.07) is 17.0. The van der Waals surface area contributed by atoms with Crippen LogP contribution in [-0.2, 0) is 4.79 Å². The SMILES string of the molecule is CCCN(CCC)C(=O)CSc1nc2c(sc(=S)n2-c2ccccc2OCC)c(=O)n1-c1ccccc1. The summed E-state index contributed by atoms with van der Waals surface area (Å²) in [6.07, 6.45) is 1.79. The average molecular weight is 555 g/mol. The molecule has 0 radical (unpaired) electrons. The number of carbonyl (C=O) groups is 1. The van der Waals surface area contributed by atoms with E-state index in [1.807, 2.05) is 66.4 Å². The van der Waals surface area contributed by atoms with Crippen molar-refractivity contribution in [3.8, 4) is 17.1 Å². The highest BCUT2D eigenvalue weighted by atomic mass is 32.2. The van der Waals surface area contributed by atoms with E-state index in [9.17, 15) is 9.59 Å². The van der Waals surface area contributed by atoms with E-state index in [1.54, 1.807) is 9.13 Å². The van der Waals surface area contributed by atoms with Crippen LogP contribution in [0, 0.1) is 3.95 Å². The minimum absolute atomic E-state index is 0.0338. The van der Waals surface area contributed by atoms with Crippen LogP contribution in [-0.4, -0.2) is 50.4 Å². The summed E-state index contributed by atoms with van der Waals surface area (Å²) in [7, 11) is 0. The minimum atomic E-state index is -0.214. The Kier molecular flexibility index (Phi) is 9.18. The molecule has 2 heterocycles. The molecule has 2 aromatic heterocycles. The van der Waals surface area contributed by atoms with Crippen LogP contribution in [0.2, 0.25) is 0 Å². The zero-order valence-corrected chi connectivity index (χ0v) is 23.6. The molecule has 0 aliphatic rings. The average Bonchev–Trinajstić information content (AvgIpc) is 3.24. The number of fused-ring (bicyclic) bond motifs is 1. The van der Waals surface area contributed by atoms with Gasteiger partial charge in [0.1, 0.15) is 10.4 Å². The summed E-state index contributed by atoms with van der Waals surface area (Å²) in [6.45, 7) is 7.97. The first-order valence-electron chi connectivity index (χ1n) is 12.4. The van der Waals surface area contributed by atoms with Gasteiger partial charge in [-0.1, -0.05) is 67.3 Å². The van der Waals surface area contributed by atoms with Gasteiger partial charge in [0, 0.05) is 13.1 Å². The zero-order valence-electron chi connectivity index (χ0n) is 21.2. The summed E-state index contributed by atoms with van der Waals surface area (Å²) in [5.74, 6) is 0.881. The predicted octanol–water partition coefficient (Wildman–Crippen LogP) is 6.11. The van der Waals surface area contributed by atoms with Gasteiger partial charge >= 0.3 is 0 Å². The molecular weight excluding hydrogens is 525 g/mol. The molecule has 0 unspecified atom stereocenters. The highest BCUT2D eigenvalue weighted by Gasteiger charge is 2.22. The fraction of sp³-hybridized carbons (Fsp3) is 0.333. The Morgan fingerprint density at radius 1 is 1.03 bits per heavy atom. The minimum Gasteiger partial charge on any atom is -0.492 e. The number of nitrogens with zero attached hydrogens (tertiary/aromatic N) is 4. The number of amides is 1. The highest BCUT2D eigenvalue weighted by Crippen LogP contribution is 2.31. The molecular formula is C27H30N4O3S3. The maximum Gasteiger partial charge on any atom is 0.278 e. The Balaban J connectivity index is 1.87. The van der Waals surface area contributed by atoms with Crippen molar-refractivity contribution in [2.45, 2.75) is 38.8 Å². The molecule has 0 aliphatic carbocycles. The molecule has 0 saturated heterocycles. The van der Waals surface area contributed by atoms with E-state index in [4.69, 9.17) is 21.9 Å². The molecule has 37 heavy (non-hydrogen) atoms. The van der Waals surface area contributed by atoms with Crippen LogP contribution in [0.1, 0.15) is 33.6 Å². The number of rotatable bonds is 11. The fourth-order valence-electron chi connectivity index (χ4n) is 4.09. The third-order valence-corrected chi connectivity index (χ3v) is 7.94. The van der Waals surface area contributed by atoms with Gasteiger partial charge < -0.3 is 9.64 Å². The van der Waals surface area contributed by atoms with Gasteiger partial charge in [-0.15, -0.1) is 0 Å². The molecule has 2 aromatic carbocycles. The largest absolute Gasteiger partial charge is 0.492 e. The number of thioether (sulfide) groups is 1. The lowest BCUT2D eigenvalue weighted by Crippen LogP contribution is -2.34. The van der Waals surface area contributed by atoms with Gasteiger partial charge in [-0.05, 0) is 56.2 Å². The lowest BCUT2D eigenvalue weighted by Gasteiger charge is -2.21. The molecule has 0 atom stereocenters. The fourth-order valence-corrected chi connectivity index (χ4v) is 6.28. The van der Waals surface area contributed by atoms with E-state index in [0.717, 1.165) is 18.5 Å². The van der Waals surface area contributed by atoms with Crippen LogP contribution >= 0.6 is 35.3 Å². The molecule has 0 fully saturated rings. The quantitative estimate of drug-likeness (QED) is 0.127. The summed E-state index contributed by atoms with van der Waals surface area (Å²) < 4.78 is 10.2. The molecule has 0 bridgehead atoms. The molecule has 1 amide bonds. The van der Waals surface area contributed by atoms with Crippen molar-refractivity contribution < 1.29 is 9.53 Å².